The molecule has 0 radical (unpaired) electrons. The van der Waals surface area contributed by atoms with Crippen LogP contribution in [0.5, 0.6) is 0 Å². The van der Waals surface area contributed by atoms with E-state index >= 15 is 0 Å². The lowest BCUT2D eigenvalue weighted by Gasteiger charge is -2.46. The van der Waals surface area contributed by atoms with Crippen LogP contribution in [-0.4, -0.2) is 0 Å². The maximum absolute atomic E-state index is 2.64. The summed E-state index contributed by atoms with van der Waals surface area (Å²) in [6.07, 6.45) is 5.07. The Hall–Kier alpha value is -5.08. The quantitative estimate of drug-likeness (QED) is 0.116. The Labute approximate surface area is 338 Å². The highest BCUT2D eigenvalue weighted by molar-refractivity contribution is 5.82. The summed E-state index contributed by atoms with van der Waals surface area (Å²) in [5, 5.41) is 0. The molecule has 0 amide bonds. The van der Waals surface area contributed by atoms with Crippen molar-refractivity contribution in [3.63, 3.8) is 0 Å². The minimum Gasteiger partial charge on any atom is -0.331 e. The van der Waals surface area contributed by atoms with Crippen molar-refractivity contribution in [1.29, 1.82) is 0 Å². The summed E-state index contributed by atoms with van der Waals surface area (Å²) in [4.78, 5) is 5.26. The van der Waals surface area contributed by atoms with Gasteiger partial charge in [-0.25, -0.2) is 0 Å². The molecule has 2 nitrogen and oxygen atoms in total. The summed E-state index contributed by atoms with van der Waals surface area (Å²) in [6, 6.07) is 51.4. The molecule has 7 rings (SSSR count). The monoisotopic (exact) mass is 738 g/mol. The number of aryl methyl sites for hydroxylation is 4. The van der Waals surface area contributed by atoms with Crippen molar-refractivity contribution in [2.24, 2.45) is 0 Å². The molecule has 0 fully saturated rings. The zero-order chi connectivity index (χ0) is 39.8. The van der Waals surface area contributed by atoms with Crippen LogP contribution in [0.3, 0.4) is 0 Å². The molecule has 0 saturated carbocycles. The van der Waals surface area contributed by atoms with E-state index in [9.17, 15) is 0 Å². The molecule has 6 aromatic rings. The van der Waals surface area contributed by atoms with E-state index in [1.165, 1.54) is 78.4 Å². The molecule has 0 aromatic heterocycles. The third kappa shape index (κ3) is 6.66. The summed E-state index contributed by atoms with van der Waals surface area (Å²) in [5.41, 5.74) is 17.8. The maximum Gasteiger partial charge on any atom is 0.0699 e. The number of nitrogens with zero attached hydrogens (tertiary/aromatic N) is 2. The lowest BCUT2D eigenvalue weighted by Crippen LogP contribution is -2.43. The van der Waals surface area contributed by atoms with Crippen molar-refractivity contribution in [3.05, 3.63) is 178 Å². The van der Waals surface area contributed by atoms with Gasteiger partial charge in [0.25, 0.3) is 0 Å². The number of benzene rings is 6. The third-order valence-electron chi connectivity index (χ3n) is 13.2. The Morgan fingerprint density at radius 3 is 1.02 bits per heavy atom. The van der Waals surface area contributed by atoms with E-state index in [4.69, 9.17) is 0 Å². The van der Waals surface area contributed by atoms with Crippen molar-refractivity contribution in [2.75, 3.05) is 9.80 Å². The van der Waals surface area contributed by atoms with Crippen molar-refractivity contribution in [2.45, 2.75) is 118 Å². The molecule has 0 saturated heterocycles. The molecule has 56 heavy (non-hydrogen) atoms. The standard InChI is InChI=1S/C54H62N2/c1-11-35-54(14-4,56(46-29-19-40(7)20-30-46)47-31-21-41(8)22-32-47)43-24-34-49-48-33-23-42(36-50(48)52(9,10)51(49)37-43)53(12-2,13-3)55(44-25-15-38(5)16-26-44)45-27-17-39(6)18-28-45/h15-34,36-37H,11-14,35H2,1-10H3. The Morgan fingerprint density at radius 2 is 0.714 bits per heavy atom. The van der Waals surface area contributed by atoms with Gasteiger partial charge in [0.1, 0.15) is 0 Å². The number of hydrogen-bond acceptors (Lipinski definition) is 2. The molecule has 0 heterocycles. The first-order valence-corrected chi connectivity index (χ1v) is 21.1. The zero-order valence-corrected chi connectivity index (χ0v) is 35.6. The molecule has 1 atom stereocenters. The predicted octanol–water partition coefficient (Wildman–Crippen LogP) is 15.3. The molecule has 1 unspecified atom stereocenters. The number of rotatable bonds is 13. The average Bonchev–Trinajstić information content (AvgIpc) is 3.44. The fraction of sp³-hybridized carbons (Fsp3) is 0.333. The van der Waals surface area contributed by atoms with E-state index in [1.54, 1.807) is 0 Å². The number of fused-ring (bicyclic) bond motifs is 3. The lowest BCUT2D eigenvalue weighted by molar-refractivity contribution is 0.381. The normalized spacial score (nSPS) is 14.2. The summed E-state index contributed by atoms with van der Waals surface area (Å²) in [6.45, 7) is 23.1. The fourth-order valence-electron chi connectivity index (χ4n) is 9.82. The highest BCUT2D eigenvalue weighted by Gasteiger charge is 2.43. The molecule has 0 bridgehead atoms. The van der Waals surface area contributed by atoms with Crippen LogP contribution < -0.4 is 9.80 Å². The molecular formula is C54H62N2. The summed E-state index contributed by atoms with van der Waals surface area (Å²) in [7, 11) is 0. The second-order valence-electron chi connectivity index (χ2n) is 17.0. The zero-order valence-electron chi connectivity index (χ0n) is 35.6. The second kappa shape index (κ2) is 15.5. The molecule has 288 valence electrons. The van der Waals surface area contributed by atoms with Gasteiger partial charge >= 0.3 is 0 Å². The summed E-state index contributed by atoms with van der Waals surface area (Å²) in [5.74, 6) is 0. The molecule has 1 aliphatic rings. The van der Waals surface area contributed by atoms with E-state index in [0.717, 1.165) is 32.1 Å². The first kappa shape index (κ1) is 39.2. The van der Waals surface area contributed by atoms with E-state index in [1.807, 2.05) is 0 Å². The van der Waals surface area contributed by atoms with E-state index < -0.39 is 0 Å². The average molecular weight is 739 g/mol. The molecule has 0 aliphatic heterocycles. The van der Waals surface area contributed by atoms with Gasteiger partial charge in [0.05, 0.1) is 11.1 Å². The van der Waals surface area contributed by atoms with Gasteiger partial charge in [-0.2, -0.15) is 0 Å². The Bertz CT molecular complexity index is 2180. The summed E-state index contributed by atoms with van der Waals surface area (Å²) < 4.78 is 0. The Morgan fingerprint density at radius 1 is 0.411 bits per heavy atom. The van der Waals surface area contributed by atoms with Crippen molar-refractivity contribution in [1.82, 2.24) is 0 Å². The highest BCUT2D eigenvalue weighted by Crippen LogP contribution is 2.54. The van der Waals surface area contributed by atoms with E-state index in [2.05, 4.69) is 212 Å². The molecule has 2 heteroatoms. The maximum atomic E-state index is 2.64. The first-order chi connectivity index (χ1) is 26.9. The molecule has 1 aliphatic carbocycles. The topological polar surface area (TPSA) is 6.48 Å². The van der Waals surface area contributed by atoms with Gasteiger partial charge < -0.3 is 9.80 Å². The summed E-state index contributed by atoms with van der Waals surface area (Å²) >= 11 is 0. The van der Waals surface area contributed by atoms with Gasteiger partial charge in [-0.1, -0.05) is 155 Å². The Balaban J connectivity index is 1.37. The van der Waals surface area contributed by atoms with E-state index in [0.29, 0.717) is 0 Å². The van der Waals surface area contributed by atoms with Gasteiger partial charge in [-0.05, 0) is 135 Å². The van der Waals surface area contributed by atoms with Crippen LogP contribution in [-0.2, 0) is 16.5 Å². The SMILES string of the molecule is CCCC(CC)(c1ccc2c(c1)C(C)(C)c1cc(C(CC)(CC)N(c3ccc(C)cc3)c3ccc(C)cc3)ccc1-2)N(c1ccc(C)cc1)c1ccc(C)cc1. The minimum atomic E-state index is -0.239. The highest BCUT2D eigenvalue weighted by atomic mass is 15.2. The van der Waals surface area contributed by atoms with Crippen molar-refractivity contribution in [3.8, 4) is 11.1 Å². The van der Waals surface area contributed by atoms with Crippen LogP contribution in [0.4, 0.5) is 22.7 Å². The van der Waals surface area contributed by atoms with Gasteiger partial charge in [-0.3, -0.25) is 0 Å². The first-order valence-electron chi connectivity index (χ1n) is 21.1. The van der Waals surface area contributed by atoms with Gasteiger partial charge in [0.2, 0.25) is 0 Å². The molecule has 0 spiro atoms. The second-order valence-corrected chi connectivity index (χ2v) is 17.0. The van der Waals surface area contributed by atoms with Crippen LogP contribution in [0.25, 0.3) is 11.1 Å². The fourth-order valence-corrected chi connectivity index (χ4v) is 9.82. The smallest absolute Gasteiger partial charge is 0.0699 e. The van der Waals surface area contributed by atoms with Crippen LogP contribution >= 0.6 is 0 Å². The molecule has 0 N–H and O–H groups in total. The Kier molecular flexibility index (Phi) is 10.8. The molecule has 6 aromatic carbocycles. The number of hydrogen-bond donors (Lipinski definition) is 0. The van der Waals surface area contributed by atoms with Gasteiger partial charge in [0, 0.05) is 28.2 Å². The largest absolute Gasteiger partial charge is 0.331 e. The minimum absolute atomic E-state index is 0.174. The molecular weight excluding hydrogens is 677 g/mol. The van der Waals surface area contributed by atoms with Crippen molar-refractivity contribution < 1.29 is 0 Å². The lowest BCUT2D eigenvalue weighted by atomic mass is 9.75. The van der Waals surface area contributed by atoms with Crippen LogP contribution in [0.1, 0.15) is 118 Å². The van der Waals surface area contributed by atoms with E-state index in [-0.39, 0.29) is 16.5 Å². The van der Waals surface area contributed by atoms with Gasteiger partial charge in [0.15, 0.2) is 0 Å². The van der Waals surface area contributed by atoms with Crippen LogP contribution in [0, 0.1) is 27.7 Å². The third-order valence-corrected chi connectivity index (χ3v) is 13.2. The number of anilines is 4. The van der Waals surface area contributed by atoms with Crippen LogP contribution in [0.2, 0.25) is 0 Å². The predicted molar refractivity (Wildman–Crippen MR) is 242 cm³/mol. The van der Waals surface area contributed by atoms with Crippen molar-refractivity contribution >= 4 is 22.7 Å². The van der Waals surface area contributed by atoms with Gasteiger partial charge in [-0.15, -0.1) is 0 Å². The van der Waals surface area contributed by atoms with Crippen LogP contribution in [0.15, 0.2) is 133 Å².